The Kier molecular flexibility index (Phi) is 4.93. The van der Waals surface area contributed by atoms with Gasteiger partial charge in [-0.2, -0.15) is 0 Å². The third-order valence-electron chi connectivity index (χ3n) is 2.45. The molecule has 2 nitrogen and oxygen atoms in total. The van der Waals surface area contributed by atoms with E-state index in [9.17, 15) is 0 Å². The molecule has 0 unspecified atom stereocenters. The van der Waals surface area contributed by atoms with Crippen molar-refractivity contribution in [1.29, 1.82) is 0 Å². The highest BCUT2D eigenvalue weighted by Gasteiger charge is 2.23. The first-order valence-electron chi connectivity index (χ1n) is 4.83. The molecule has 0 bridgehead atoms. The van der Waals surface area contributed by atoms with Crippen molar-refractivity contribution in [3.63, 3.8) is 0 Å². The van der Waals surface area contributed by atoms with E-state index in [1.807, 2.05) is 0 Å². The average Bonchev–Trinajstić information content (AvgIpc) is 2.02. The van der Waals surface area contributed by atoms with Crippen LogP contribution in [0.15, 0.2) is 0 Å². The van der Waals surface area contributed by atoms with E-state index in [-0.39, 0.29) is 17.6 Å². The first-order chi connectivity index (χ1) is 5.83. The molecule has 0 saturated heterocycles. The van der Waals surface area contributed by atoms with Crippen molar-refractivity contribution in [2.75, 3.05) is 13.7 Å². The van der Waals surface area contributed by atoms with Gasteiger partial charge in [-0.1, -0.05) is 13.8 Å². The van der Waals surface area contributed by atoms with Gasteiger partial charge in [-0.25, -0.2) is 0 Å². The predicted octanol–water partition coefficient (Wildman–Crippen LogP) is 2.41. The first-order valence-corrected chi connectivity index (χ1v) is 4.83. The van der Waals surface area contributed by atoms with Crippen LogP contribution in [-0.4, -0.2) is 24.4 Å². The van der Waals surface area contributed by atoms with Crippen molar-refractivity contribution >= 4 is 0 Å². The summed E-state index contributed by atoms with van der Waals surface area (Å²) in [5, 5.41) is 8.84. The molecule has 1 N–H and O–H groups in total. The summed E-state index contributed by atoms with van der Waals surface area (Å²) in [4.78, 5) is 0. The number of aliphatic hydroxyl groups is 1. The molecule has 0 aliphatic rings. The Hall–Kier alpha value is -0.0800. The van der Waals surface area contributed by atoms with Gasteiger partial charge >= 0.3 is 0 Å². The molecule has 0 aromatic rings. The van der Waals surface area contributed by atoms with Crippen LogP contribution in [0.2, 0.25) is 0 Å². The molecule has 0 aliphatic carbocycles. The summed E-state index contributed by atoms with van der Waals surface area (Å²) in [6, 6.07) is 0. The number of ether oxygens (including phenoxy) is 1. The van der Waals surface area contributed by atoms with E-state index in [0.29, 0.717) is 0 Å². The molecule has 0 rings (SSSR count). The molecule has 0 spiro atoms. The van der Waals surface area contributed by atoms with Crippen LogP contribution in [0.5, 0.6) is 0 Å². The van der Waals surface area contributed by atoms with E-state index in [1.54, 1.807) is 7.11 Å². The monoisotopic (exact) mass is 187 g/mol. The molecule has 0 aromatic heterocycles. The number of aliphatic hydroxyl groups excluding tert-OH is 1. The molecule has 0 heterocycles. The Morgan fingerprint density at radius 3 is 2.15 bits per heavy atom. The fourth-order valence-electron chi connectivity index (χ4n) is 0.996. The van der Waals surface area contributed by atoms with Crippen molar-refractivity contribution in [2.45, 2.75) is 46.1 Å². The van der Waals surface area contributed by atoms with Crippen LogP contribution in [0.1, 0.15) is 40.5 Å². The third kappa shape index (κ3) is 6.05. The van der Waals surface area contributed by atoms with Gasteiger partial charge in [0.2, 0.25) is 0 Å². The van der Waals surface area contributed by atoms with E-state index in [1.165, 1.54) is 0 Å². The van der Waals surface area contributed by atoms with Crippen LogP contribution >= 0.6 is 0 Å². The lowest BCUT2D eigenvalue weighted by atomic mass is 9.82. The van der Waals surface area contributed by atoms with Crippen molar-refractivity contribution in [2.24, 2.45) is 5.41 Å². The molecule has 0 saturated carbocycles. The maximum Gasteiger partial charge on any atom is 0.0625 e. The van der Waals surface area contributed by atoms with E-state index in [2.05, 4.69) is 34.1 Å². The van der Waals surface area contributed by atoms with Gasteiger partial charge in [-0.15, -0.1) is 0 Å². The van der Waals surface area contributed by atoms with Crippen LogP contribution < -0.4 is 0 Å². The van der Waals surface area contributed by atoms with Gasteiger partial charge in [0, 0.05) is 13.7 Å². The fraction of sp³-hybridized carbons (Fsp3) is 0.909. The maximum absolute atomic E-state index is 8.84. The average molecular weight is 187 g/mol. The fourth-order valence-corrected chi connectivity index (χ4v) is 0.996. The summed E-state index contributed by atoms with van der Waals surface area (Å²) in [6.45, 7) is 8.65. The smallest absolute Gasteiger partial charge is 0.0625 e. The van der Waals surface area contributed by atoms with Crippen LogP contribution in [0.3, 0.4) is 0 Å². The highest BCUT2D eigenvalue weighted by molar-refractivity contribution is 4.89. The highest BCUT2D eigenvalue weighted by Crippen LogP contribution is 2.29. The molecule has 2 heteroatoms. The number of methoxy groups -OCH3 is 1. The van der Waals surface area contributed by atoms with Crippen LogP contribution in [0.25, 0.3) is 0 Å². The Balaban J connectivity index is 3.86. The topological polar surface area (TPSA) is 29.5 Å². The lowest BCUT2D eigenvalue weighted by Crippen LogP contribution is -2.26. The molecule has 0 amide bonds. The zero-order chi connectivity index (χ0) is 10.5. The third-order valence-corrected chi connectivity index (χ3v) is 2.45. The minimum atomic E-state index is -0.0905. The minimum Gasteiger partial charge on any atom is -0.396 e. The lowest BCUT2D eigenvalue weighted by molar-refractivity contribution is 0.0175. The number of rotatable bonds is 6. The summed E-state index contributed by atoms with van der Waals surface area (Å²) < 4.78 is 5.32. The van der Waals surface area contributed by atoms with E-state index < -0.39 is 0 Å². The van der Waals surface area contributed by atoms with E-state index in [4.69, 9.17) is 9.84 Å². The number of hydrogen-bond donors (Lipinski definition) is 1. The molecular formula is C11H23O2. The summed E-state index contributed by atoms with van der Waals surface area (Å²) in [6.07, 6.45) is 3.95. The molecule has 0 atom stereocenters. The van der Waals surface area contributed by atoms with Gasteiger partial charge < -0.3 is 9.84 Å². The van der Waals surface area contributed by atoms with Crippen LogP contribution in [-0.2, 0) is 4.74 Å². The quantitative estimate of drug-likeness (QED) is 0.692. The standard InChI is InChI=1S/C11H23O2/c1-10(2,8-9-12)6-7-11(3,4)13-5/h6,12H,7-9H2,1-5H3. The Labute approximate surface area is 82.3 Å². The molecule has 0 aliphatic heterocycles. The molecule has 1 radical (unpaired) electrons. The predicted molar refractivity (Wildman–Crippen MR) is 55.5 cm³/mol. The summed E-state index contributed by atoms with van der Waals surface area (Å²) in [7, 11) is 1.73. The van der Waals surface area contributed by atoms with Crippen LogP contribution in [0, 0.1) is 11.8 Å². The van der Waals surface area contributed by atoms with E-state index in [0.717, 1.165) is 12.8 Å². The van der Waals surface area contributed by atoms with Gasteiger partial charge in [0.1, 0.15) is 0 Å². The maximum atomic E-state index is 8.84. The van der Waals surface area contributed by atoms with Gasteiger partial charge in [0.25, 0.3) is 0 Å². The molecule has 79 valence electrons. The normalized spacial score (nSPS) is 13.4. The largest absolute Gasteiger partial charge is 0.396 e. The van der Waals surface area contributed by atoms with Crippen LogP contribution in [0.4, 0.5) is 0 Å². The summed E-state index contributed by atoms with van der Waals surface area (Å²) in [5.74, 6) is 0. The first kappa shape index (κ1) is 12.9. The highest BCUT2D eigenvalue weighted by atomic mass is 16.5. The SMILES string of the molecule is COC(C)(C)C[CH]C(C)(C)CCO. The molecule has 13 heavy (non-hydrogen) atoms. The summed E-state index contributed by atoms with van der Waals surface area (Å²) in [5.41, 5.74) is 0.0112. The van der Waals surface area contributed by atoms with Crippen molar-refractivity contribution < 1.29 is 9.84 Å². The zero-order valence-corrected chi connectivity index (χ0v) is 9.55. The minimum absolute atomic E-state index is 0.0905. The Morgan fingerprint density at radius 2 is 1.77 bits per heavy atom. The zero-order valence-electron chi connectivity index (χ0n) is 9.55. The van der Waals surface area contributed by atoms with Gasteiger partial charge in [0.05, 0.1) is 5.60 Å². The second kappa shape index (κ2) is 4.97. The second-order valence-electron chi connectivity index (χ2n) is 4.83. The van der Waals surface area contributed by atoms with Crippen molar-refractivity contribution in [3.8, 4) is 0 Å². The van der Waals surface area contributed by atoms with Gasteiger partial charge in [0.15, 0.2) is 0 Å². The van der Waals surface area contributed by atoms with Gasteiger partial charge in [-0.3, -0.25) is 0 Å². The summed E-state index contributed by atoms with van der Waals surface area (Å²) >= 11 is 0. The molecule has 0 fully saturated rings. The number of hydrogen-bond acceptors (Lipinski definition) is 2. The lowest BCUT2D eigenvalue weighted by Gasteiger charge is -2.29. The molecular weight excluding hydrogens is 164 g/mol. The van der Waals surface area contributed by atoms with Crippen molar-refractivity contribution in [1.82, 2.24) is 0 Å². The second-order valence-corrected chi connectivity index (χ2v) is 4.83. The van der Waals surface area contributed by atoms with Gasteiger partial charge in [-0.05, 0) is 38.5 Å². The van der Waals surface area contributed by atoms with E-state index >= 15 is 0 Å². The Bertz CT molecular complexity index is 139. The Morgan fingerprint density at radius 1 is 1.23 bits per heavy atom. The molecule has 0 aromatic carbocycles. The van der Waals surface area contributed by atoms with Crippen molar-refractivity contribution in [3.05, 3.63) is 6.42 Å².